The molecule has 3 amide bonds. The number of hydrogen-bond donors (Lipinski definition) is 4. The monoisotopic (exact) mass is 803 g/mol. The summed E-state index contributed by atoms with van der Waals surface area (Å²) in [5, 5.41) is 20.0. The van der Waals surface area contributed by atoms with E-state index in [0.717, 1.165) is 27.7 Å². The van der Waals surface area contributed by atoms with Crippen molar-refractivity contribution in [2.45, 2.75) is 87.8 Å². The van der Waals surface area contributed by atoms with Gasteiger partial charge in [0.15, 0.2) is 9.84 Å². The summed E-state index contributed by atoms with van der Waals surface area (Å²) in [6, 6.07) is 11.8. The molecule has 12 nitrogen and oxygen atoms in total. The van der Waals surface area contributed by atoms with Gasteiger partial charge in [0.2, 0.25) is 5.91 Å². The first-order valence-corrected chi connectivity index (χ1v) is 21.8. The minimum atomic E-state index is -3.93. The average Bonchev–Trinajstić information content (AvgIpc) is 3.86. The number of thiazole rings is 1. The quantitative estimate of drug-likeness (QED) is 0.137. The number of rotatable bonds is 17. The molecular weight excluding hydrogens is 754 g/mol. The van der Waals surface area contributed by atoms with E-state index >= 15 is 0 Å². The molecule has 2 aromatic carbocycles. The Bertz CT molecular complexity index is 1880. The number of aliphatic hydroxyl groups is 1. The Kier molecular flexibility index (Phi) is 13.9. The van der Waals surface area contributed by atoms with Crippen molar-refractivity contribution < 1.29 is 23.1 Å². The van der Waals surface area contributed by atoms with Crippen molar-refractivity contribution in [1.82, 2.24) is 25.4 Å². The molecule has 1 saturated heterocycles. The number of nitrogens with two attached hydrogens (primary N) is 1. The zero-order chi connectivity index (χ0) is 38.4. The number of halogens is 1. The summed E-state index contributed by atoms with van der Waals surface area (Å²) in [5.74, 6) is -0.108. The van der Waals surface area contributed by atoms with Gasteiger partial charge in [0.1, 0.15) is 16.4 Å². The van der Waals surface area contributed by atoms with E-state index in [-0.39, 0.29) is 57.7 Å². The van der Waals surface area contributed by atoms with E-state index in [4.69, 9.17) is 22.3 Å². The Morgan fingerprint density at radius 1 is 1.15 bits per heavy atom. The van der Waals surface area contributed by atoms with Crippen LogP contribution in [0.1, 0.15) is 57.3 Å². The maximum absolute atomic E-state index is 14.3. The molecular formula is C37H50ClN7O5S3. The number of hydrogen-bond acceptors (Lipinski definition) is 11. The number of nitrogens with one attached hydrogen (secondary N) is 2. The van der Waals surface area contributed by atoms with Crippen LogP contribution in [0.4, 0.5) is 10.5 Å². The van der Waals surface area contributed by atoms with Crippen molar-refractivity contribution in [2.75, 3.05) is 31.1 Å². The molecule has 0 saturated carbocycles. The highest BCUT2D eigenvalue weighted by atomic mass is 35.5. The third-order valence-electron chi connectivity index (χ3n) is 9.72. The van der Waals surface area contributed by atoms with Crippen LogP contribution in [0, 0.1) is 11.8 Å². The summed E-state index contributed by atoms with van der Waals surface area (Å²) >= 11 is 9.35. The topological polar surface area (TPSA) is 170 Å². The first-order chi connectivity index (χ1) is 25.2. The summed E-state index contributed by atoms with van der Waals surface area (Å²) in [4.78, 5) is 40.9. The first kappa shape index (κ1) is 41.0. The Labute approximate surface area is 325 Å². The van der Waals surface area contributed by atoms with Gasteiger partial charge in [-0.2, -0.15) is 0 Å². The van der Waals surface area contributed by atoms with E-state index in [0.29, 0.717) is 26.1 Å². The van der Waals surface area contributed by atoms with Crippen molar-refractivity contribution in [3.63, 3.8) is 0 Å². The highest BCUT2D eigenvalue weighted by Crippen LogP contribution is 2.28. The fourth-order valence-electron chi connectivity index (χ4n) is 6.60. The summed E-state index contributed by atoms with van der Waals surface area (Å²) in [6.07, 6.45) is -0.254. The Hall–Kier alpha value is -3.21. The molecule has 288 valence electrons. The second-order valence-corrected chi connectivity index (χ2v) is 18.7. The van der Waals surface area contributed by atoms with E-state index in [1.54, 1.807) is 35.4 Å². The number of aliphatic hydroxyl groups excluding tert-OH is 1. The molecule has 0 bridgehead atoms. The van der Waals surface area contributed by atoms with Crippen LogP contribution in [0.5, 0.6) is 0 Å². The van der Waals surface area contributed by atoms with Crippen LogP contribution in [0.15, 0.2) is 63.8 Å². The fraction of sp³-hybridized carbons (Fsp3) is 0.514. The van der Waals surface area contributed by atoms with Crippen LogP contribution in [-0.2, 0) is 27.6 Å². The van der Waals surface area contributed by atoms with Gasteiger partial charge < -0.3 is 26.0 Å². The summed E-state index contributed by atoms with van der Waals surface area (Å²) in [6.45, 7) is 10.5. The molecule has 2 aliphatic heterocycles. The van der Waals surface area contributed by atoms with Crippen LogP contribution < -0.4 is 16.4 Å². The SMILES string of the molecule is CC[C@H](C)[C@@H](C(=O)N[C@@H](Cc1ccccc1)[C@H](O)CN[C@H](C(C)C)S(=O)(=O)c1ccc(Cl)c(N)c1)N1CCN(Cc2csc(C3=N[C@H](C)SC3)n2)C1=O. The number of sulfone groups is 1. The zero-order valence-corrected chi connectivity index (χ0v) is 33.9. The Morgan fingerprint density at radius 2 is 1.89 bits per heavy atom. The second-order valence-electron chi connectivity index (χ2n) is 14.0. The lowest BCUT2D eigenvalue weighted by Gasteiger charge is -2.34. The minimum Gasteiger partial charge on any atom is -0.397 e. The van der Waals surface area contributed by atoms with Crippen LogP contribution in [0.3, 0.4) is 0 Å². The maximum atomic E-state index is 14.3. The molecule has 3 heterocycles. The third-order valence-corrected chi connectivity index (χ3v) is 14.3. The van der Waals surface area contributed by atoms with E-state index in [1.807, 2.05) is 49.6 Å². The van der Waals surface area contributed by atoms with Gasteiger partial charge in [0.25, 0.3) is 0 Å². The highest BCUT2D eigenvalue weighted by Gasteiger charge is 2.41. The molecule has 6 atom stereocenters. The van der Waals surface area contributed by atoms with Crippen molar-refractivity contribution >= 4 is 67.9 Å². The number of nitrogens with zero attached hydrogens (tertiary/aromatic N) is 4. The summed E-state index contributed by atoms with van der Waals surface area (Å²) in [7, 11) is -3.93. The first-order valence-electron chi connectivity index (χ1n) is 17.9. The molecule has 5 N–H and O–H groups in total. The molecule has 0 aliphatic carbocycles. The van der Waals surface area contributed by atoms with Crippen molar-refractivity contribution in [1.29, 1.82) is 0 Å². The molecule has 3 aromatic rings. The number of aliphatic imine (C=N–C) groups is 1. The summed E-state index contributed by atoms with van der Waals surface area (Å²) in [5.41, 5.74) is 8.72. The lowest BCUT2D eigenvalue weighted by Crippen LogP contribution is -2.58. The number of aromatic nitrogens is 1. The van der Waals surface area contributed by atoms with Gasteiger partial charge in [-0.3, -0.25) is 15.1 Å². The standard InChI is InChI=1S/C37H50ClN7O5S3/c1-6-23(4)33(45-15-14-44(37(45)48)19-26-20-52-35(42-26)31-21-51-24(5)41-31)34(47)43-30(16-25-10-8-7-9-11-25)32(46)18-40-36(22(2)3)53(49,50)27-12-13-28(38)29(39)17-27/h7-13,17,20,22-24,30,32-33,36,40,46H,6,14-16,18-19,21,39H2,1-5H3,(H,43,47)/t23-,24-,30-,32+,33-,36-/m0/s1. The van der Waals surface area contributed by atoms with E-state index in [2.05, 4.69) is 22.5 Å². The molecule has 1 fully saturated rings. The van der Waals surface area contributed by atoms with Gasteiger partial charge >= 0.3 is 6.03 Å². The van der Waals surface area contributed by atoms with Gasteiger partial charge in [-0.05, 0) is 48.9 Å². The number of nitrogen functional groups attached to an aromatic ring is 1. The molecule has 16 heteroatoms. The van der Waals surface area contributed by atoms with Crippen LogP contribution >= 0.6 is 34.7 Å². The van der Waals surface area contributed by atoms with Crippen molar-refractivity contribution in [2.24, 2.45) is 16.8 Å². The average molecular weight is 805 g/mol. The predicted molar refractivity (Wildman–Crippen MR) is 214 cm³/mol. The Balaban J connectivity index is 1.31. The predicted octanol–water partition coefficient (Wildman–Crippen LogP) is 5.05. The molecule has 2 aliphatic rings. The molecule has 0 radical (unpaired) electrons. The van der Waals surface area contributed by atoms with E-state index < -0.39 is 33.4 Å². The molecule has 53 heavy (non-hydrogen) atoms. The maximum Gasteiger partial charge on any atom is 0.321 e. The molecule has 1 aromatic heterocycles. The van der Waals surface area contributed by atoms with Crippen molar-refractivity contribution in [3.05, 3.63) is 75.2 Å². The largest absolute Gasteiger partial charge is 0.397 e. The number of amides is 3. The highest BCUT2D eigenvalue weighted by molar-refractivity contribution is 8.00. The number of thioether (sulfide) groups is 1. The van der Waals surface area contributed by atoms with Crippen LogP contribution in [0.25, 0.3) is 0 Å². The van der Waals surface area contributed by atoms with Gasteiger partial charge in [-0.25, -0.2) is 18.2 Å². The summed E-state index contributed by atoms with van der Waals surface area (Å²) < 4.78 is 27.4. The lowest BCUT2D eigenvalue weighted by molar-refractivity contribution is -0.128. The number of carbonyl (C=O) groups is 2. The molecule has 0 unspecified atom stereocenters. The zero-order valence-electron chi connectivity index (χ0n) is 30.7. The van der Waals surface area contributed by atoms with Gasteiger partial charge in [0, 0.05) is 30.8 Å². The molecule has 5 rings (SSSR count). The van der Waals surface area contributed by atoms with E-state index in [1.165, 1.54) is 29.5 Å². The van der Waals surface area contributed by atoms with E-state index in [9.17, 15) is 23.1 Å². The lowest BCUT2D eigenvalue weighted by atomic mass is 9.95. The third kappa shape index (κ3) is 9.92. The number of urea groups is 1. The molecule has 0 spiro atoms. The normalized spacial score (nSPS) is 19.3. The van der Waals surface area contributed by atoms with Gasteiger partial charge in [0.05, 0.1) is 51.1 Å². The second kappa shape index (κ2) is 17.9. The number of anilines is 1. The number of carbonyl (C=O) groups excluding carboxylic acids is 2. The van der Waals surface area contributed by atoms with Crippen LogP contribution in [0.2, 0.25) is 5.02 Å². The van der Waals surface area contributed by atoms with Crippen LogP contribution in [-0.4, -0.2) is 100 Å². The minimum absolute atomic E-state index is 0.0158. The van der Waals surface area contributed by atoms with Gasteiger partial charge in [-0.1, -0.05) is 76.0 Å². The fourth-order valence-corrected chi connectivity index (χ4v) is 10.3. The van der Waals surface area contributed by atoms with Gasteiger partial charge in [-0.15, -0.1) is 23.1 Å². The Morgan fingerprint density at radius 3 is 2.53 bits per heavy atom. The van der Waals surface area contributed by atoms with Crippen molar-refractivity contribution in [3.8, 4) is 0 Å². The number of benzene rings is 2. The smallest absolute Gasteiger partial charge is 0.321 e.